The minimum absolute atomic E-state index is 0.0618. The minimum atomic E-state index is -0.126. The maximum atomic E-state index is 13.7. The molecule has 0 saturated carbocycles. The highest BCUT2D eigenvalue weighted by Gasteiger charge is 2.30. The van der Waals surface area contributed by atoms with Gasteiger partial charge in [0.05, 0.1) is 17.1 Å². The first-order chi connectivity index (χ1) is 18.6. The highest BCUT2D eigenvalue weighted by Crippen LogP contribution is 2.43. The molecule has 4 aromatic carbocycles. The molecule has 1 aliphatic rings. The van der Waals surface area contributed by atoms with Crippen LogP contribution >= 0.6 is 11.8 Å². The Morgan fingerprint density at radius 2 is 1.61 bits per heavy atom. The molecule has 1 heterocycles. The lowest BCUT2D eigenvalue weighted by Crippen LogP contribution is -2.34. The number of thioether (sulfide) groups is 1. The van der Waals surface area contributed by atoms with Gasteiger partial charge in [0.25, 0.3) is 11.8 Å². The van der Waals surface area contributed by atoms with Gasteiger partial charge in [-0.05, 0) is 60.7 Å². The number of nitrogens with zero attached hydrogens (tertiary/aromatic N) is 1. The van der Waals surface area contributed by atoms with Crippen LogP contribution < -0.4 is 10.2 Å². The summed E-state index contributed by atoms with van der Waals surface area (Å²) in [6.45, 7) is 3.07. The number of anilines is 1. The van der Waals surface area contributed by atoms with E-state index in [1.807, 2.05) is 97.9 Å². The van der Waals surface area contributed by atoms with Crippen LogP contribution in [0.5, 0.6) is 0 Å². The van der Waals surface area contributed by atoms with Crippen molar-refractivity contribution in [3.05, 3.63) is 136 Å². The number of aryl methyl sites for hydroxylation is 2. The molecule has 0 bridgehead atoms. The number of rotatable bonds is 8. The summed E-state index contributed by atoms with van der Waals surface area (Å²) >= 11 is 1.46. The van der Waals surface area contributed by atoms with Crippen molar-refractivity contribution in [1.29, 1.82) is 0 Å². The summed E-state index contributed by atoms with van der Waals surface area (Å²) in [5.74, 6) is -0.187. The molecular formula is C33H30N2O2S. The third kappa shape index (κ3) is 6.24. The molecule has 0 aromatic heterocycles. The van der Waals surface area contributed by atoms with Crippen molar-refractivity contribution in [1.82, 2.24) is 5.32 Å². The van der Waals surface area contributed by atoms with E-state index in [9.17, 15) is 9.59 Å². The van der Waals surface area contributed by atoms with E-state index in [0.29, 0.717) is 23.6 Å². The summed E-state index contributed by atoms with van der Waals surface area (Å²) in [7, 11) is 0. The van der Waals surface area contributed by atoms with Crippen LogP contribution in [0.1, 0.15) is 39.0 Å². The Balaban J connectivity index is 1.38. The second kappa shape index (κ2) is 12.0. The van der Waals surface area contributed by atoms with Gasteiger partial charge in [-0.15, -0.1) is 0 Å². The molecule has 0 spiro atoms. The van der Waals surface area contributed by atoms with Gasteiger partial charge in [0.1, 0.15) is 0 Å². The van der Waals surface area contributed by atoms with Gasteiger partial charge in [-0.3, -0.25) is 9.59 Å². The van der Waals surface area contributed by atoms with Gasteiger partial charge >= 0.3 is 0 Å². The van der Waals surface area contributed by atoms with Gasteiger partial charge in [0, 0.05) is 17.0 Å². The molecule has 190 valence electrons. The van der Waals surface area contributed by atoms with Crippen LogP contribution in [0.4, 0.5) is 5.69 Å². The number of amides is 2. The number of carbonyl (C=O) groups is 2. The van der Waals surface area contributed by atoms with Crippen LogP contribution in [0.15, 0.2) is 113 Å². The Labute approximate surface area is 228 Å². The number of benzene rings is 4. The van der Waals surface area contributed by atoms with Gasteiger partial charge in [-0.1, -0.05) is 102 Å². The Morgan fingerprint density at radius 3 is 2.37 bits per heavy atom. The second-order valence-corrected chi connectivity index (χ2v) is 10.5. The molecule has 0 saturated heterocycles. The first kappa shape index (κ1) is 25.6. The topological polar surface area (TPSA) is 49.4 Å². The molecule has 4 nitrogen and oxygen atoms in total. The van der Waals surface area contributed by atoms with E-state index in [2.05, 4.69) is 23.5 Å². The van der Waals surface area contributed by atoms with Crippen LogP contribution in [-0.4, -0.2) is 18.4 Å². The fourth-order valence-corrected chi connectivity index (χ4v) is 5.58. The maximum absolute atomic E-state index is 13.7. The van der Waals surface area contributed by atoms with Gasteiger partial charge < -0.3 is 10.2 Å². The van der Waals surface area contributed by atoms with Gasteiger partial charge in [0.2, 0.25) is 0 Å². The van der Waals surface area contributed by atoms with Crippen LogP contribution in [0.2, 0.25) is 0 Å². The van der Waals surface area contributed by atoms with Gasteiger partial charge in [-0.2, -0.15) is 0 Å². The molecule has 0 atom stereocenters. The molecule has 5 rings (SSSR count). The molecule has 0 unspecified atom stereocenters. The van der Waals surface area contributed by atoms with Gasteiger partial charge in [-0.25, -0.2) is 0 Å². The number of nitrogens with one attached hydrogen (secondary N) is 1. The molecule has 5 heteroatoms. The Bertz CT molecular complexity index is 1470. The van der Waals surface area contributed by atoms with E-state index in [1.54, 1.807) is 4.90 Å². The molecule has 0 aliphatic carbocycles. The third-order valence-electron chi connectivity index (χ3n) is 6.48. The quantitative estimate of drug-likeness (QED) is 0.201. The van der Waals surface area contributed by atoms with Crippen molar-refractivity contribution in [2.24, 2.45) is 0 Å². The molecule has 0 fully saturated rings. The number of hydrogen-bond acceptors (Lipinski definition) is 3. The van der Waals surface area contributed by atoms with E-state index < -0.39 is 0 Å². The smallest absolute Gasteiger partial charge is 0.265 e. The van der Waals surface area contributed by atoms with Crippen molar-refractivity contribution in [2.45, 2.75) is 31.2 Å². The Morgan fingerprint density at radius 1 is 0.868 bits per heavy atom. The Hall–Kier alpha value is -4.09. The average molecular weight is 519 g/mol. The van der Waals surface area contributed by atoms with Crippen LogP contribution in [0, 0.1) is 6.92 Å². The van der Waals surface area contributed by atoms with Crippen molar-refractivity contribution in [2.75, 3.05) is 11.4 Å². The largest absolute Gasteiger partial charge is 0.352 e. The fraction of sp³-hybridized carbons (Fsp3) is 0.152. The maximum Gasteiger partial charge on any atom is 0.265 e. The summed E-state index contributed by atoms with van der Waals surface area (Å²) in [5.41, 5.74) is 5.76. The van der Waals surface area contributed by atoms with Crippen molar-refractivity contribution in [3.63, 3.8) is 0 Å². The number of fused-ring (bicyclic) bond motifs is 1. The summed E-state index contributed by atoms with van der Waals surface area (Å²) in [5, 5.41) is 3.04. The SMILES string of the molecule is Cc1cccc(CN2C(=O)C(=Cc3ccccc3)Sc3ccc(C(=O)NCCCc4ccccc4)cc32)c1. The summed E-state index contributed by atoms with van der Waals surface area (Å²) < 4.78 is 0. The predicted octanol–water partition coefficient (Wildman–Crippen LogP) is 7.04. The number of hydrogen-bond donors (Lipinski definition) is 1. The zero-order valence-corrected chi connectivity index (χ0v) is 22.2. The van der Waals surface area contributed by atoms with E-state index >= 15 is 0 Å². The highest BCUT2D eigenvalue weighted by molar-refractivity contribution is 8.04. The monoisotopic (exact) mass is 518 g/mol. The molecular weight excluding hydrogens is 488 g/mol. The van der Waals surface area contributed by atoms with E-state index in [1.165, 1.54) is 17.3 Å². The molecule has 38 heavy (non-hydrogen) atoms. The van der Waals surface area contributed by atoms with Crippen LogP contribution in [-0.2, 0) is 17.8 Å². The lowest BCUT2D eigenvalue weighted by atomic mass is 10.1. The molecule has 1 aliphatic heterocycles. The highest BCUT2D eigenvalue weighted by atomic mass is 32.2. The van der Waals surface area contributed by atoms with E-state index in [4.69, 9.17) is 0 Å². The van der Waals surface area contributed by atoms with Crippen LogP contribution in [0.25, 0.3) is 6.08 Å². The lowest BCUT2D eigenvalue weighted by Gasteiger charge is -2.31. The second-order valence-electron chi connectivity index (χ2n) is 9.43. The predicted molar refractivity (Wildman–Crippen MR) is 156 cm³/mol. The van der Waals surface area contributed by atoms with Gasteiger partial charge in [0.15, 0.2) is 0 Å². The zero-order chi connectivity index (χ0) is 26.3. The van der Waals surface area contributed by atoms with Crippen molar-refractivity contribution in [3.8, 4) is 0 Å². The summed E-state index contributed by atoms with van der Waals surface area (Å²) in [6, 6.07) is 34.0. The fourth-order valence-electron chi connectivity index (χ4n) is 4.54. The minimum Gasteiger partial charge on any atom is -0.352 e. The summed E-state index contributed by atoms with van der Waals surface area (Å²) in [6.07, 6.45) is 3.71. The first-order valence-electron chi connectivity index (χ1n) is 12.8. The molecule has 0 radical (unpaired) electrons. The lowest BCUT2D eigenvalue weighted by molar-refractivity contribution is -0.114. The van der Waals surface area contributed by atoms with E-state index in [0.717, 1.165) is 40.1 Å². The Kier molecular flexibility index (Phi) is 8.05. The zero-order valence-electron chi connectivity index (χ0n) is 21.4. The average Bonchev–Trinajstić information content (AvgIpc) is 2.94. The molecule has 4 aromatic rings. The molecule has 1 N–H and O–H groups in total. The third-order valence-corrected chi connectivity index (χ3v) is 7.56. The van der Waals surface area contributed by atoms with E-state index in [-0.39, 0.29) is 11.8 Å². The van der Waals surface area contributed by atoms with Crippen molar-refractivity contribution < 1.29 is 9.59 Å². The van der Waals surface area contributed by atoms with Crippen LogP contribution in [0.3, 0.4) is 0 Å². The standard InChI is InChI=1S/C33H30N2O2S/c1-24-10-8-15-27(20-24)23-35-29-22-28(32(36)34-19-9-16-25-11-4-2-5-12-25)17-18-30(29)38-31(33(35)37)21-26-13-6-3-7-14-26/h2-8,10-15,17-18,20-22H,9,16,19,23H2,1H3,(H,34,36). The van der Waals surface area contributed by atoms with Crippen molar-refractivity contribution >= 4 is 35.3 Å². The number of carbonyl (C=O) groups excluding carboxylic acids is 2. The summed E-state index contributed by atoms with van der Waals surface area (Å²) in [4.78, 5) is 30.2. The molecule has 2 amide bonds. The normalized spacial score (nSPS) is 13.9. The first-order valence-corrected chi connectivity index (χ1v) is 13.7.